The normalized spacial score (nSPS) is 26.4. The molecule has 0 aromatic heterocycles. The zero-order valence-corrected chi connectivity index (χ0v) is 60.5. The summed E-state index contributed by atoms with van der Waals surface area (Å²) in [5, 5.41) is 23.5. The maximum Gasteiger partial charge on any atom is 0.276 e. The van der Waals surface area contributed by atoms with E-state index in [1.807, 2.05) is 55.4 Å². The minimum Gasteiger partial charge on any atom is -0.390 e. The molecule has 0 aliphatic carbocycles. The molecule has 12 atom stereocenters. The first-order valence-corrected chi connectivity index (χ1v) is 33.2. The summed E-state index contributed by atoms with van der Waals surface area (Å²) in [4.78, 5) is 172. The molecular formula is C69H117N11O13. The Kier molecular flexibility index (Phi) is 32.9. The van der Waals surface area contributed by atoms with E-state index in [1.54, 1.807) is 91.0 Å². The first-order chi connectivity index (χ1) is 43.2. The second-order valence-electron chi connectivity index (χ2n) is 27.9. The monoisotopic (exact) mass is 1310 g/mol. The number of nitrogens with one attached hydrogen (secondary N) is 4. The number of ether oxygens (including phenoxy) is 1. The van der Waals surface area contributed by atoms with Crippen molar-refractivity contribution in [1.29, 1.82) is 0 Å². The van der Waals surface area contributed by atoms with Crippen molar-refractivity contribution in [2.24, 2.45) is 41.4 Å². The molecule has 11 amide bonds. The highest BCUT2D eigenvalue weighted by Crippen LogP contribution is 2.34. The summed E-state index contributed by atoms with van der Waals surface area (Å²) < 4.78 is 6.82. The highest BCUT2D eigenvalue weighted by Gasteiger charge is 2.55. The molecule has 5 N–H and O–H groups in total. The SMILES string of the molecule is C/C=C/C[C@@H](C)[C@@H](O)[C@H]1C(=O)N[C@@H](CC)C(=O)N(C)CC(=O)N(C)[C@@H](CC(C)C)C(=O)N[C@@H](C(C)C)C(=O)N(C)[C@@H](CC(C)C)C(=O)N[C@@H](C)C(=O)N[C@H](C)C(=O)N(C)[C@@H](CC(C)C)C(=O)N(C)[C@@H](CC(C)C)C(=O)N(C)[C@](OCc2ccccc2)(C(C)C)C(=O)N1C. The van der Waals surface area contributed by atoms with Crippen LogP contribution in [0.25, 0.3) is 0 Å². The molecule has 0 unspecified atom stereocenters. The second kappa shape index (κ2) is 37.2. The second-order valence-corrected chi connectivity index (χ2v) is 27.9. The van der Waals surface area contributed by atoms with Crippen LogP contribution in [-0.4, -0.2) is 226 Å². The lowest BCUT2D eigenvalue weighted by Crippen LogP contribution is -2.70. The summed E-state index contributed by atoms with van der Waals surface area (Å²) in [6, 6.07) is -2.68. The van der Waals surface area contributed by atoms with Crippen molar-refractivity contribution in [3.8, 4) is 0 Å². The number of rotatable bonds is 18. The van der Waals surface area contributed by atoms with Crippen molar-refractivity contribution < 1.29 is 62.6 Å². The summed E-state index contributed by atoms with van der Waals surface area (Å²) in [7, 11) is 9.79. The van der Waals surface area contributed by atoms with Crippen molar-refractivity contribution in [1.82, 2.24) is 55.6 Å². The zero-order valence-electron chi connectivity index (χ0n) is 60.5. The van der Waals surface area contributed by atoms with Crippen LogP contribution in [0, 0.1) is 41.4 Å². The maximum atomic E-state index is 16.1. The van der Waals surface area contributed by atoms with E-state index in [0.29, 0.717) is 5.56 Å². The molecule has 526 valence electrons. The van der Waals surface area contributed by atoms with E-state index in [2.05, 4.69) is 21.3 Å². The summed E-state index contributed by atoms with van der Waals surface area (Å²) in [6.07, 6.45) is 2.69. The molecule has 1 aromatic carbocycles. The van der Waals surface area contributed by atoms with Crippen LogP contribution in [0.3, 0.4) is 0 Å². The lowest BCUT2D eigenvalue weighted by atomic mass is 9.89. The van der Waals surface area contributed by atoms with Gasteiger partial charge in [0.2, 0.25) is 64.8 Å². The van der Waals surface area contributed by atoms with Crippen molar-refractivity contribution in [3.05, 3.63) is 48.0 Å². The first-order valence-electron chi connectivity index (χ1n) is 33.2. The van der Waals surface area contributed by atoms with Crippen molar-refractivity contribution in [2.45, 2.75) is 229 Å². The van der Waals surface area contributed by atoms with Gasteiger partial charge in [-0.2, -0.15) is 0 Å². The Bertz CT molecular complexity index is 2720. The third-order valence-electron chi connectivity index (χ3n) is 17.6. The van der Waals surface area contributed by atoms with Gasteiger partial charge < -0.3 is 65.4 Å². The van der Waals surface area contributed by atoms with Gasteiger partial charge in [0.15, 0.2) is 0 Å². The van der Waals surface area contributed by atoms with Crippen LogP contribution in [0.5, 0.6) is 0 Å². The number of allylic oxidation sites excluding steroid dienone is 2. The van der Waals surface area contributed by atoms with E-state index in [-0.39, 0.29) is 68.8 Å². The molecule has 1 aromatic rings. The van der Waals surface area contributed by atoms with Gasteiger partial charge in [-0.05, 0) is 100 Å². The van der Waals surface area contributed by atoms with E-state index in [1.165, 1.54) is 82.8 Å². The molecule has 1 aliphatic rings. The summed E-state index contributed by atoms with van der Waals surface area (Å²) >= 11 is 0. The minimum atomic E-state index is -2.29. The largest absolute Gasteiger partial charge is 0.390 e. The Hall–Kier alpha value is -6.95. The molecule has 0 saturated carbocycles. The van der Waals surface area contributed by atoms with Crippen molar-refractivity contribution in [3.63, 3.8) is 0 Å². The van der Waals surface area contributed by atoms with Crippen LogP contribution < -0.4 is 21.3 Å². The fourth-order valence-corrected chi connectivity index (χ4v) is 11.7. The number of hydrogen-bond acceptors (Lipinski definition) is 13. The smallest absolute Gasteiger partial charge is 0.276 e. The van der Waals surface area contributed by atoms with Gasteiger partial charge in [-0.1, -0.05) is 139 Å². The predicted molar refractivity (Wildman–Crippen MR) is 359 cm³/mol. The third-order valence-corrected chi connectivity index (χ3v) is 17.6. The van der Waals surface area contributed by atoms with Gasteiger partial charge in [0.1, 0.15) is 54.4 Å². The zero-order chi connectivity index (χ0) is 71.4. The first kappa shape index (κ1) is 82.1. The highest BCUT2D eigenvalue weighted by molar-refractivity contribution is 6.00. The number of amides is 11. The van der Waals surface area contributed by atoms with Crippen molar-refractivity contribution >= 4 is 65.0 Å². The van der Waals surface area contributed by atoms with Crippen LogP contribution >= 0.6 is 0 Å². The van der Waals surface area contributed by atoms with Gasteiger partial charge in [-0.25, -0.2) is 0 Å². The molecule has 93 heavy (non-hydrogen) atoms. The van der Waals surface area contributed by atoms with Gasteiger partial charge in [-0.15, -0.1) is 0 Å². The third kappa shape index (κ3) is 22.1. The molecule has 24 nitrogen and oxygen atoms in total. The van der Waals surface area contributed by atoms with Crippen LogP contribution in [0.15, 0.2) is 42.5 Å². The Balaban J connectivity index is 3.15. The van der Waals surface area contributed by atoms with Gasteiger partial charge in [-0.3, -0.25) is 52.7 Å². The number of aliphatic hydroxyl groups is 1. The molecule has 1 heterocycles. The summed E-state index contributed by atoms with van der Waals surface area (Å²) in [5.74, 6) is -10.8. The minimum absolute atomic E-state index is 0.0173. The van der Waals surface area contributed by atoms with E-state index in [9.17, 15) is 38.7 Å². The lowest BCUT2D eigenvalue weighted by molar-refractivity contribution is -0.212. The quantitative estimate of drug-likeness (QED) is 0.124. The molecule has 2 rings (SSSR count). The number of aliphatic hydroxyl groups excluding tert-OH is 1. The molecule has 1 saturated heterocycles. The van der Waals surface area contributed by atoms with Crippen LogP contribution in [-0.2, 0) is 64.1 Å². The van der Waals surface area contributed by atoms with Crippen LogP contribution in [0.2, 0.25) is 0 Å². The van der Waals surface area contributed by atoms with E-state index < -0.39 is 155 Å². The molecule has 0 spiro atoms. The number of carbonyl (C=O) groups is 11. The molecule has 1 aliphatic heterocycles. The molecular weight excluding hydrogens is 1190 g/mol. The topological polar surface area (TPSA) is 288 Å². The van der Waals surface area contributed by atoms with E-state index >= 15 is 19.2 Å². The Morgan fingerprint density at radius 2 is 1.01 bits per heavy atom. The fourth-order valence-electron chi connectivity index (χ4n) is 11.7. The average molecular weight is 1310 g/mol. The maximum absolute atomic E-state index is 16.1. The number of hydrogen-bond donors (Lipinski definition) is 5. The Morgan fingerprint density at radius 3 is 1.49 bits per heavy atom. The van der Waals surface area contributed by atoms with Gasteiger partial charge in [0.05, 0.1) is 19.3 Å². The van der Waals surface area contributed by atoms with Crippen LogP contribution in [0.1, 0.15) is 162 Å². The highest BCUT2D eigenvalue weighted by atomic mass is 16.5. The van der Waals surface area contributed by atoms with E-state index in [0.717, 1.165) is 14.7 Å². The molecule has 24 heteroatoms. The molecule has 1 fully saturated rings. The van der Waals surface area contributed by atoms with Gasteiger partial charge >= 0.3 is 0 Å². The standard InChI is InChI=1S/C69H117N11O13/c1-25-27-31-46(15)58(82)57-62(86)72-50(26-2)64(88)74(18)38-55(81)75(19)51(34-40(3)4)61(85)73-56(44(11)12)67(91)76(20)52(35-41(5)6)60(84)70-47(16)59(83)71-48(17)63(87)77(21)53(36-42(7)8)65(89)78(22)54(37-43(9)10)66(90)80(24)69(45(13)14,68(92)79(57)23)93-39-49-32-29-28-30-33-49/h25,27-30,32-33,40-48,50-54,56-58,82H,26,31,34-39H2,1-24H3,(H,70,84)(H,71,83)(H,72,86)(H,73,85)/b27-25+/t46-,47+,48-,50+,51+,52+,53+,54+,56+,57+,58-,69+/m1/s1. The van der Waals surface area contributed by atoms with E-state index in [4.69, 9.17) is 4.74 Å². The lowest BCUT2D eigenvalue weighted by Gasteiger charge is -2.48. The van der Waals surface area contributed by atoms with Gasteiger partial charge in [0.25, 0.3) is 5.91 Å². The Morgan fingerprint density at radius 1 is 0.548 bits per heavy atom. The molecule has 0 bridgehead atoms. The number of benzene rings is 1. The number of carbonyl (C=O) groups excluding carboxylic acids is 11. The number of nitrogens with zero attached hydrogens (tertiary/aromatic N) is 7. The molecule has 0 radical (unpaired) electrons. The summed E-state index contributed by atoms with van der Waals surface area (Å²) in [5.41, 5.74) is -1.67. The Labute approximate surface area is 555 Å². The fraction of sp³-hybridized carbons (Fsp3) is 0.725. The van der Waals surface area contributed by atoms with Crippen LogP contribution in [0.4, 0.5) is 0 Å². The van der Waals surface area contributed by atoms with Crippen molar-refractivity contribution in [2.75, 3.05) is 55.9 Å². The summed E-state index contributed by atoms with van der Waals surface area (Å²) in [6.45, 7) is 28.9. The average Bonchev–Trinajstić information content (AvgIpc) is 0.760. The van der Waals surface area contributed by atoms with Gasteiger partial charge in [0, 0.05) is 55.3 Å². The predicted octanol–water partition coefficient (Wildman–Crippen LogP) is 4.81. The number of likely N-dealkylation sites (N-methyl/N-ethyl adjacent to an activating group) is 7.